The predicted molar refractivity (Wildman–Crippen MR) is 114 cm³/mol. The number of hydrogen-bond acceptors (Lipinski definition) is 5. The van der Waals surface area contributed by atoms with Gasteiger partial charge in [-0.1, -0.05) is 12.5 Å². The molecule has 1 aromatic carbocycles. The Morgan fingerprint density at radius 3 is 2.76 bits per heavy atom. The molecule has 8 heteroatoms. The molecule has 3 rings (SSSR count). The average molecular weight is 401 g/mol. The van der Waals surface area contributed by atoms with Gasteiger partial charge in [0.1, 0.15) is 5.82 Å². The Morgan fingerprint density at radius 2 is 2.00 bits per heavy atom. The molecule has 0 aliphatic carbocycles. The van der Waals surface area contributed by atoms with E-state index in [4.69, 9.17) is 9.47 Å². The first-order valence-electron chi connectivity index (χ1n) is 10.2. The molecular weight excluding hydrogens is 368 g/mol. The number of aromatic nitrogens is 3. The Bertz CT molecular complexity index is 833. The Balaban J connectivity index is 1.56. The van der Waals surface area contributed by atoms with Gasteiger partial charge in [-0.3, -0.25) is 4.99 Å². The standard InChI is InChI=1S/C21H32N6O2/c1-22-21(23-15-20-25-24-19-8-6-5-7-12-27(19)20)26(2)13-11-16-9-10-17(28-3)18(14-16)29-4/h9-10,14H,5-8,11-13,15H2,1-4H3,(H,22,23). The van der Waals surface area contributed by atoms with Crippen LogP contribution in [-0.2, 0) is 25.9 Å². The minimum atomic E-state index is 0.625. The number of ether oxygens (including phenoxy) is 2. The third kappa shape index (κ3) is 5.19. The fourth-order valence-electron chi connectivity index (χ4n) is 3.66. The number of aryl methyl sites for hydroxylation is 1. The Hall–Kier alpha value is -2.77. The highest BCUT2D eigenvalue weighted by molar-refractivity contribution is 5.79. The zero-order chi connectivity index (χ0) is 20.6. The van der Waals surface area contributed by atoms with Crippen LogP contribution < -0.4 is 14.8 Å². The molecule has 0 amide bonds. The molecule has 1 aliphatic rings. The second-order valence-electron chi connectivity index (χ2n) is 7.26. The first-order chi connectivity index (χ1) is 14.2. The molecule has 2 heterocycles. The number of benzene rings is 1. The van der Waals surface area contributed by atoms with Gasteiger partial charge in [0.25, 0.3) is 0 Å². The molecule has 0 bridgehead atoms. The second-order valence-corrected chi connectivity index (χ2v) is 7.26. The second kappa shape index (κ2) is 10.1. The molecule has 1 N–H and O–H groups in total. The summed E-state index contributed by atoms with van der Waals surface area (Å²) < 4.78 is 13.0. The van der Waals surface area contributed by atoms with Gasteiger partial charge >= 0.3 is 0 Å². The van der Waals surface area contributed by atoms with Crippen molar-refractivity contribution in [3.63, 3.8) is 0 Å². The highest BCUT2D eigenvalue weighted by Gasteiger charge is 2.15. The lowest BCUT2D eigenvalue weighted by Gasteiger charge is -2.22. The number of fused-ring (bicyclic) bond motifs is 1. The number of aliphatic imine (C=N–C) groups is 1. The number of guanidine groups is 1. The maximum absolute atomic E-state index is 5.40. The van der Waals surface area contributed by atoms with Crippen LogP contribution in [0.3, 0.4) is 0 Å². The van der Waals surface area contributed by atoms with Gasteiger partial charge in [-0.05, 0) is 37.0 Å². The largest absolute Gasteiger partial charge is 0.493 e. The average Bonchev–Trinajstić information content (AvgIpc) is 2.98. The number of hydrogen-bond donors (Lipinski definition) is 1. The Kier molecular flexibility index (Phi) is 7.32. The summed E-state index contributed by atoms with van der Waals surface area (Å²) in [6, 6.07) is 6.03. The van der Waals surface area contributed by atoms with Crippen LogP contribution in [-0.4, -0.2) is 60.5 Å². The van der Waals surface area contributed by atoms with Crippen molar-refractivity contribution in [2.45, 2.75) is 45.2 Å². The molecule has 0 fully saturated rings. The van der Waals surface area contributed by atoms with Gasteiger partial charge in [-0.15, -0.1) is 10.2 Å². The zero-order valence-corrected chi connectivity index (χ0v) is 17.9. The summed E-state index contributed by atoms with van der Waals surface area (Å²) in [7, 11) is 7.15. The van der Waals surface area contributed by atoms with Gasteiger partial charge in [-0.25, -0.2) is 0 Å². The van der Waals surface area contributed by atoms with Crippen molar-refractivity contribution in [2.24, 2.45) is 4.99 Å². The predicted octanol–water partition coefficient (Wildman–Crippen LogP) is 2.27. The van der Waals surface area contributed by atoms with Crippen molar-refractivity contribution in [3.05, 3.63) is 35.4 Å². The maximum Gasteiger partial charge on any atom is 0.193 e. The third-order valence-electron chi connectivity index (χ3n) is 5.35. The molecule has 0 saturated carbocycles. The fraction of sp³-hybridized carbons (Fsp3) is 0.571. The highest BCUT2D eigenvalue weighted by Crippen LogP contribution is 2.27. The SMILES string of the molecule is CN=C(NCc1nnc2n1CCCCC2)N(C)CCc1ccc(OC)c(OC)c1. The molecule has 0 unspecified atom stereocenters. The number of likely N-dealkylation sites (N-methyl/N-ethyl adjacent to an activating group) is 1. The monoisotopic (exact) mass is 400 g/mol. The summed E-state index contributed by atoms with van der Waals surface area (Å²) in [6.07, 6.45) is 5.55. The van der Waals surface area contributed by atoms with Crippen LogP contribution in [0.15, 0.2) is 23.2 Å². The molecule has 0 atom stereocenters. The van der Waals surface area contributed by atoms with Crippen LogP contribution in [0, 0.1) is 0 Å². The third-order valence-corrected chi connectivity index (χ3v) is 5.35. The van der Waals surface area contributed by atoms with Gasteiger partial charge in [0.2, 0.25) is 0 Å². The molecule has 0 radical (unpaired) electrons. The van der Waals surface area contributed by atoms with Gasteiger partial charge < -0.3 is 24.3 Å². The van der Waals surface area contributed by atoms with E-state index >= 15 is 0 Å². The first-order valence-corrected chi connectivity index (χ1v) is 10.2. The van der Waals surface area contributed by atoms with Gasteiger partial charge in [0.05, 0.1) is 20.8 Å². The van der Waals surface area contributed by atoms with Crippen LogP contribution in [0.4, 0.5) is 0 Å². The van der Waals surface area contributed by atoms with Crippen LogP contribution in [0.25, 0.3) is 0 Å². The summed E-state index contributed by atoms with van der Waals surface area (Å²) in [4.78, 5) is 6.54. The summed E-state index contributed by atoms with van der Waals surface area (Å²) in [5.41, 5.74) is 1.19. The fourth-order valence-corrected chi connectivity index (χ4v) is 3.66. The lowest BCUT2D eigenvalue weighted by Crippen LogP contribution is -2.40. The summed E-state index contributed by atoms with van der Waals surface area (Å²) in [5.74, 6) is 4.43. The molecule has 1 aromatic heterocycles. The summed E-state index contributed by atoms with van der Waals surface area (Å²) in [5, 5.41) is 12.2. The van der Waals surface area contributed by atoms with Crippen molar-refractivity contribution in [3.8, 4) is 11.5 Å². The van der Waals surface area contributed by atoms with E-state index in [-0.39, 0.29) is 0 Å². The van der Waals surface area contributed by atoms with Gasteiger partial charge in [-0.2, -0.15) is 0 Å². The normalized spacial score (nSPS) is 14.1. The van der Waals surface area contributed by atoms with Gasteiger partial charge in [0.15, 0.2) is 23.3 Å². The molecule has 1 aliphatic heterocycles. The van der Waals surface area contributed by atoms with Crippen LogP contribution in [0.1, 0.15) is 36.5 Å². The molecule has 0 saturated heterocycles. The lowest BCUT2D eigenvalue weighted by atomic mass is 10.1. The van der Waals surface area contributed by atoms with E-state index in [9.17, 15) is 0 Å². The van der Waals surface area contributed by atoms with Crippen LogP contribution in [0.5, 0.6) is 11.5 Å². The van der Waals surface area contributed by atoms with E-state index in [0.29, 0.717) is 6.54 Å². The molecular formula is C21H32N6O2. The van der Waals surface area contributed by atoms with E-state index < -0.39 is 0 Å². The van der Waals surface area contributed by atoms with E-state index in [0.717, 1.165) is 55.0 Å². The van der Waals surface area contributed by atoms with E-state index in [1.807, 2.05) is 19.2 Å². The number of nitrogens with one attached hydrogen (secondary N) is 1. The minimum Gasteiger partial charge on any atom is -0.493 e. The smallest absolute Gasteiger partial charge is 0.193 e. The topological polar surface area (TPSA) is 76.8 Å². The quantitative estimate of drug-likeness (QED) is 0.568. The zero-order valence-electron chi connectivity index (χ0n) is 17.9. The first kappa shape index (κ1) is 21.0. The van der Waals surface area contributed by atoms with Crippen molar-refractivity contribution >= 4 is 5.96 Å². The van der Waals surface area contributed by atoms with Crippen molar-refractivity contribution in [1.82, 2.24) is 25.0 Å². The Labute approximate surface area is 172 Å². The van der Waals surface area contributed by atoms with E-state index in [2.05, 4.69) is 36.0 Å². The molecule has 158 valence electrons. The molecule has 0 spiro atoms. The van der Waals surface area contributed by atoms with Crippen molar-refractivity contribution in [1.29, 1.82) is 0 Å². The van der Waals surface area contributed by atoms with Crippen LogP contribution in [0.2, 0.25) is 0 Å². The number of rotatable bonds is 7. The number of methoxy groups -OCH3 is 2. The van der Waals surface area contributed by atoms with E-state index in [1.54, 1.807) is 21.3 Å². The molecule has 2 aromatic rings. The van der Waals surface area contributed by atoms with E-state index in [1.165, 1.54) is 24.8 Å². The van der Waals surface area contributed by atoms with Gasteiger partial charge in [0, 0.05) is 33.6 Å². The van der Waals surface area contributed by atoms with Crippen LogP contribution >= 0.6 is 0 Å². The van der Waals surface area contributed by atoms with Crippen molar-refractivity contribution in [2.75, 3.05) is 34.9 Å². The maximum atomic E-state index is 5.40. The lowest BCUT2D eigenvalue weighted by molar-refractivity contribution is 0.354. The minimum absolute atomic E-state index is 0.625. The van der Waals surface area contributed by atoms with Crippen molar-refractivity contribution < 1.29 is 9.47 Å². The molecule has 8 nitrogen and oxygen atoms in total. The number of nitrogens with zero attached hydrogens (tertiary/aromatic N) is 5. The highest BCUT2D eigenvalue weighted by atomic mass is 16.5. The summed E-state index contributed by atoms with van der Waals surface area (Å²) in [6.45, 7) is 2.46. The Morgan fingerprint density at radius 1 is 1.17 bits per heavy atom. The molecule has 29 heavy (non-hydrogen) atoms. The summed E-state index contributed by atoms with van der Waals surface area (Å²) >= 11 is 0.